The van der Waals surface area contributed by atoms with Gasteiger partial charge >= 0.3 is 0 Å². The second-order valence-electron chi connectivity index (χ2n) is 16.8. The Morgan fingerprint density at radius 1 is 0.317 bits per heavy atom. The molecule has 0 nitrogen and oxygen atoms in total. The fraction of sp³-hybridized carbons (Fsp3) is 0.0667. The Hall–Kier alpha value is -7.28. The summed E-state index contributed by atoms with van der Waals surface area (Å²) in [7, 11) is 0. The Kier molecular flexibility index (Phi) is 7.36. The first-order chi connectivity index (χ1) is 29.8. The van der Waals surface area contributed by atoms with Gasteiger partial charge in [0.25, 0.3) is 0 Å². The third kappa shape index (κ3) is 4.79. The first kappa shape index (κ1) is 33.7. The highest BCUT2D eigenvalue weighted by Gasteiger charge is 2.33. The van der Waals surface area contributed by atoms with Gasteiger partial charge in [-0.25, -0.2) is 0 Å². The third-order valence-electron chi connectivity index (χ3n) is 13.8. The molecule has 0 saturated heterocycles. The van der Waals surface area contributed by atoms with Gasteiger partial charge in [0, 0.05) is 0 Å². The van der Waals surface area contributed by atoms with E-state index >= 15 is 0 Å². The quantitative estimate of drug-likeness (QED) is 0.164. The van der Waals surface area contributed by atoms with Crippen LogP contribution in [0.1, 0.15) is 47.9 Å². The van der Waals surface area contributed by atoms with Gasteiger partial charge in [-0.2, -0.15) is 0 Å². The summed E-state index contributed by atoms with van der Waals surface area (Å²) < 4.78 is 0. The summed E-state index contributed by atoms with van der Waals surface area (Å²) >= 11 is 0. The molecule has 0 spiro atoms. The van der Waals surface area contributed by atoms with E-state index in [9.17, 15) is 0 Å². The minimum atomic E-state index is 1.02. The van der Waals surface area contributed by atoms with Gasteiger partial charge in [0.05, 0.1) is 0 Å². The normalized spacial score (nSPS) is 14.5. The average molecular weight is 761 g/mol. The lowest BCUT2D eigenvalue weighted by Gasteiger charge is -2.21. The van der Waals surface area contributed by atoms with Crippen LogP contribution in [0.25, 0.3) is 106 Å². The number of hydrogen-bond acceptors (Lipinski definition) is 0. The van der Waals surface area contributed by atoms with Crippen LogP contribution in [-0.2, 0) is 0 Å². The summed E-state index contributed by atoms with van der Waals surface area (Å²) in [5.74, 6) is 0. The summed E-state index contributed by atoms with van der Waals surface area (Å²) in [6, 6.07) is 67.8. The van der Waals surface area contributed by atoms with Gasteiger partial charge in [-0.3, -0.25) is 0 Å². The number of allylic oxidation sites excluding steroid dienone is 4. The molecule has 60 heavy (non-hydrogen) atoms. The van der Waals surface area contributed by atoms with Crippen LogP contribution in [0, 0.1) is 0 Å². The summed E-state index contributed by atoms with van der Waals surface area (Å²) in [6.07, 6.45) is 9.26. The summed E-state index contributed by atoms with van der Waals surface area (Å²) in [4.78, 5) is 0. The van der Waals surface area contributed by atoms with Gasteiger partial charge in [-0.05, 0) is 158 Å². The van der Waals surface area contributed by atoms with Gasteiger partial charge in [-0.15, -0.1) is 0 Å². The molecule has 0 saturated carbocycles. The van der Waals surface area contributed by atoms with E-state index in [0.29, 0.717) is 0 Å². The van der Waals surface area contributed by atoms with Crippen molar-refractivity contribution in [2.45, 2.75) is 25.7 Å². The van der Waals surface area contributed by atoms with Crippen LogP contribution >= 0.6 is 0 Å². The molecule has 0 atom stereocenters. The number of fused-ring (bicyclic) bond motifs is 6. The highest BCUT2D eigenvalue weighted by molar-refractivity contribution is 6.23. The fourth-order valence-corrected chi connectivity index (χ4v) is 11.3. The molecule has 0 aromatic heterocycles. The van der Waals surface area contributed by atoms with Gasteiger partial charge in [0.2, 0.25) is 0 Å². The Bertz CT molecular complexity index is 3430. The Balaban J connectivity index is 1.04. The van der Waals surface area contributed by atoms with E-state index in [1.807, 2.05) is 0 Å². The molecule has 0 N–H and O–H groups in total. The molecule has 0 radical (unpaired) electrons. The van der Waals surface area contributed by atoms with E-state index < -0.39 is 0 Å². The Morgan fingerprint density at radius 3 is 1.42 bits per heavy atom. The fourth-order valence-electron chi connectivity index (χ4n) is 11.3. The summed E-state index contributed by atoms with van der Waals surface area (Å²) in [5, 5.41) is 8.29. The lowest BCUT2D eigenvalue weighted by Crippen LogP contribution is -2.32. The lowest BCUT2D eigenvalue weighted by atomic mass is 9.81. The topological polar surface area (TPSA) is 0 Å². The van der Waals surface area contributed by atoms with Gasteiger partial charge in [0.15, 0.2) is 0 Å². The van der Waals surface area contributed by atoms with Crippen LogP contribution in [0.4, 0.5) is 0 Å². The van der Waals surface area contributed by atoms with Gasteiger partial charge in [0.1, 0.15) is 0 Å². The number of hydrogen-bond donors (Lipinski definition) is 0. The molecular weight excluding hydrogens is 721 g/mol. The molecule has 0 heterocycles. The zero-order valence-electron chi connectivity index (χ0n) is 33.3. The molecular formula is C60H40. The third-order valence-corrected chi connectivity index (χ3v) is 13.8. The van der Waals surface area contributed by atoms with Gasteiger partial charge < -0.3 is 0 Å². The number of benzene rings is 9. The van der Waals surface area contributed by atoms with Crippen molar-refractivity contribution in [3.8, 4) is 55.6 Å². The standard InChI is InChI=1S/C60H40/c1-5-16-37(17-6-1)43-31-33-49-45-29-28-41(36-53(45)50-34-32-44(57(43)58(49)50)38-18-7-2-8-19-38)42-30-35-52-56-46(42)26-15-27-51(56)59-54(39-20-9-3-10-21-39)47-24-13-14-25-48(47)55(60(52)59)40-22-11-4-12-23-40/h1-14,16-26,30-36H,15,27-29H2. The molecule has 9 aromatic rings. The molecule has 0 unspecified atom stereocenters. The molecule has 13 rings (SSSR count). The van der Waals surface area contributed by atoms with Crippen molar-refractivity contribution < 1.29 is 0 Å². The maximum Gasteiger partial charge on any atom is -0.00108 e. The van der Waals surface area contributed by atoms with Crippen LogP contribution in [0.15, 0.2) is 188 Å². The summed E-state index contributed by atoms with van der Waals surface area (Å²) in [5.41, 5.74) is 24.7. The molecule has 280 valence electrons. The van der Waals surface area contributed by atoms with Crippen molar-refractivity contribution in [3.05, 3.63) is 221 Å². The van der Waals surface area contributed by atoms with Crippen LogP contribution in [0.3, 0.4) is 0 Å². The van der Waals surface area contributed by atoms with E-state index in [2.05, 4.69) is 194 Å². The van der Waals surface area contributed by atoms with E-state index in [4.69, 9.17) is 0 Å². The maximum atomic E-state index is 2.57. The van der Waals surface area contributed by atoms with Crippen LogP contribution in [0.2, 0.25) is 0 Å². The van der Waals surface area contributed by atoms with Crippen LogP contribution < -0.4 is 10.4 Å². The molecule has 0 amide bonds. The van der Waals surface area contributed by atoms with Crippen molar-refractivity contribution in [3.63, 3.8) is 0 Å². The van der Waals surface area contributed by atoms with E-state index in [-0.39, 0.29) is 0 Å². The molecule has 0 bridgehead atoms. The van der Waals surface area contributed by atoms with Crippen molar-refractivity contribution in [2.24, 2.45) is 0 Å². The molecule has 9 aromatic carbocycles. The highest BCUT2D eigenvalue weighted by Crippen LogP contribution is 2.54. The highest BCUT2D eigenvalue weighted by atomic mass is 14.4. The predicted octanol–water partition coefficient (Wildman–Crippen LogP) is 14.5. The zero-order valence-corrected chi connectivity index (χ0v) is 33.3. The minimum Gasteiger partial charge on any atom is -0.0757 e. The summed E-state index contributed by atoms with van der Waals surface area (Å²) in [6.45, 7) is 0. The molecule has 4 aliphatic rings. The van der Waals surface area contributed by atoms with Crippen molar-refractivity contribution >= 4 is 49.9 Å². The minimum absolute atomic E-state index is 1.02. The first-order valence-corrected chi connectivity index (χ1v) is 21.5. The van der Waals surface area contributed by atoms with E-state index in [1.165, 1.54) is 132 Å². The maximum absolute atomic E-state index is 2.57. The van der Waals surface area contributed by atoms with E-state index in [1.54, 1.807) is 0 Å². The van der Waals surface area contributed by atoms with Crippen molar-refractivity contribution in [1.29, 1.82) is 0 Å². The largest absolute Gasteiger partial charge is 0.0757 e. The van der Waals surface area contributed by atoms with Crippen molar-refractivity contribution in [1.82, 2.24) is 0 Å². The Labute approximate surface area is 350 Å². The lowest BCUT2D eigenvalue weighted by molar-refractivity contribution is 1.06. The smallest absolute Gasteiger partial charge is 0.00108 e. The van der Waals surface area contributed by atoms with Crippen LogP contribution in [0.5, 0.6) is 0 Å². The monoisotopic (exact) mass is 760 g/mol. The van der Waals surface area contributed by atoms with Gasteiger partial charge in [-0.1, -0.05) is 194 Å². The average Bonchev–Trinajstić information content (AvgIpc) is 3.83. The van der Waals surface area contributed by atoms with Crippen molar-refractivity contribution in [2.75, 3.05) is 0 Å². The second-order valence-corrected chi connectivity index (χ2v) is 16.8. The molecule has 0 fully saturated rings. The molecule has 0 aliphatic heterocycles. The van der Waals surface area contributed by atoms with Crippen LogP contribution in [-0.4, -0.2) is 0 Å². The second kappa shape index (κ2) is 13.1. The van der Waals surface area contributed by atoms with E-state index in [0.717, 1.165) is 25.7 Å². The zero-order chi connectivity index (χ0) is 39.3. The SMILES string of the molecule is C1=C(c2ccc3c4c2=CCCC=4c2c-3c(-c3ccccc3)c3ccccc3c2-c2ccccc2)CCC2=C1c1ccc(-c3ccccc3)c3c(-c4ccccc4)ccc2c13. The Morgan fingerprint density at radius 2 is 0.800 bits per heavy atom. The first-order valence-electron chi connectivity index (χ1n) is 21.5. The predicted molar refractivity (Wildman–Crippen MR) is 255 cm³/mol. The molecule has 4 aliphatic carbocycles. The molecule has 0 heteroatoms. The number of rotatable bonds is 5.